The molecule has 0 unspecified atom stereocenters. The Morgan fingerprint density at radius 2 is 1.74 bits per heavy atom. The predicted molar refractivity (Wildman–Crippen MR) is 170 cm³/mol. The van der Waals surface area contributed by atoms with E-state index in [1.165, 1.54) is 12.0 Å². The molecule has 11 heteroatoms. The van der Waals surface area contributed by atoms with Gasteiger partial charge in [-0.15, -0.1) is 0 Å². The highest BCUT2D eigenvalue weighted by Crippen LogP contribution is 2.59. The van der Waals surface area contributed by atoms with E-state index in [0.29, 0.717) is 22.4 Å². The van der Waals surface area contributed by atoms with Crippen molar-refractivity contribution in [2.45, 2.75) is 50.8 Å². The number of ether oxygens (including phenoxy) is 1. The molecular weight excluding hydrogens is 590 g/mol. The normalized spacial score (nSPS) is 29.6. The van der Waals surface area contributed by atoms with Crippen molar-refractivity contribution in [3.8, 4) is 22.6 Å². The standard InChI is InChI=1S/C35H41N3O8/c1-16-19-9-10-20(21-14-18(8-11-22(21)46-5)15-38-12-6-7-13-38)29(39)24(19)30(40)25-23(16)17(2)27-28(37(3)4)31(41)26(34(36)44)33(43)35(27,45)32(25)42/h8-11,14,16-17,23,27-28,39-40,43,45H,6-7,12-13,15H2,1-5H3,(H2,36,44)/t16-,17-,23-,27-,28-,35-/m0/s1. The summed E-state index contributed by atoms with van der Waals surface area (Å²) < 4.78 is 5.65. The van der Waals surface area contributed by atoms with Crippen LogP contribution in [0.3, 0.4) is 0 Å². The van der Waals surface area contributed by atoms with Gasteiger partial charge < -0.3 is 30.9 Å². The van der Waals surface area contributed by atoms with Gasteiger partial charge in [0.2, 0.25) is 5.78 Å². The number of ketones is 2. The van der Waals surface area contributed by atoms with Crippen LogP contribution in [0.4, 0.5) is 0 Å². The van der Waals surface area contributed by atoms with Crippen molar-refractivity contribution < 1.29 is 39.5 Å². The average Bonchev–Trinajstić information content (AvgIpc) is 3.51. The zero-order valence-corrected chi connectivity index (χ0v) is 26.7. The fourth-order valence-electron chi connectivity index (χ4n) is 8.58. The number of carbonyl (C=O) groups is 3. The van der Waals surface area contributed by atoms with Crippen LogP contribution in [-0.2, 0) is 20.9 Å². The molecule has 3 aliphatic carbocycles. The van der Waals surface area contributed by atoms with Crippen molar-refractivity contribution in [2.24, 2.45) is 23.5 Å². The van der Waals surface area contributed by atoms with Gasteiger partial charge in [0.1, 0.15) is 28.6 Å². The number of methoxy groups -OCH3 is 1. The number of carbonyl (C=O) groups excluding carboxylic acids is 3. The van der Waals surface area contributed by atoms with Gasteiger partial charge in [0.15, 0.2) is 11.4 Å². The number of benzene rings is 2. The molecule has 6 N–H and O–H groups in total. The van der Waals surface area contributed by atoms with Crippen molar-refractivity contribution in [1.82, 2.24) is 9.80 Å². The maximum absolute atomic E-state index is 14.4. The van der Waals surface area contributed by atoms with Crippen LogP contribution < -0.4 is 10.5 Å². The van der Waals surface area contributed by atoms with E-state index in [1.807, 2.05) is 31.2 Å². The lowest BCUT2D eigenvalue weighted by atomic mass is 9.51. The second kappa shape index (κ2) is 11.3. The molecule has 0 bridgehead atoms. The first-order valence-corrected chi connectivity index (χ1v) is 15.7. The lowest BCUT2D eigenvalue weighted by Crippen LogP contribution is -2.68. The number of nitrogens with two attached hydrogens (primary N) is 1. The SMILES string of the molecule is COc1ccc(CN2CCCC2)cc1-c1ccc2c(c1O)C(O)=C1C(=O)[C@]3(O)C(O)=C(C(N)=O)C(=O)[C@@H](N(C)C)[C@@H]3[C@@H](C)[C@@H]1[C@H]2C. The topological polar surface area (TPSA) is 174 Å². The molecule has 0 aromatic heterocycles. The van der Waals surface area contributed by atoms with E-state index in [0.717, 1.165) is 38.0 Å². The first kappa shape index (κ1) is 31.8. The molecule has 6 rings (SSSR count). The largest absolute Gasteiger partial charge is 0.508 e. The van der Waals surface area contributed by atoms with Crippen molar-refractivity contribution in [3.05, 3.63) is 63.9 Å². The highest BCUT2D eigenvalue weighted by Gasteiger charge is 2.67. The Morgan fingerprint density at radius 1 is 1.07 bits per heavy atom. The van der Waals surface area contributed by atoms with Crippen molar-refractivity contribution >= 4 is 23.2 Å². The van der Waals surface area contributed by atoms with Gasteiger partial charge in [-0.1, -0.05) is 32.0 Å². The van der Waals surface area contributed by atoms with Gasteiger partial charge in [0.25, 0.3) is 5.91 Å². The molecule has 1 heterocycles. The number of hydrogen-bond donors (Lipinski definition) is 5. The second-order valence-electron chi connectivity index (χ2n) is 13.4. The Bertz CT molecular complexity index is 1720. The van der Waals surface area contributed by atoms with E-state index >= 15 is 0 Å². The summed E-state index contributed by atoms with van der Waals surface area (Å²) in [6, 6.07) is 8.20. The van der Waals surface area contributed by atoms with Gasteiger partial charge in [-0.05, 0) is 75.1 Å². The Hall–Kier alpha value is -4.19. The summed E-state index contributed by atoms with van der Waals surface area (Å²) in [5.41, 5.74) is 4.38. The van der Waals surface area contributed by atoms with Crippen LogP contribution in [0, 0.1) is 17.8 Å². The van der Waals surface area contributed by atoms with E-state index in [2.05, 4.69) is 4.90 Å². The maximum Gasteiger partial charge on any atom is 0.255 e. The Balaban J connectivity index is 1.53. The van der Waals surface area contributed by atoms with E-state index in [-0.39, 0.29) is 16.9 Å². The third-order valence-corrected chi connectivity index (χ3v) is 10.7. The molecule has 1 saturated carbocycles. The fraction of sp³-hybridized carbons (Fsp3) is 0.457. The minimum Gasteiger partial charge on any atom is -0.508 e. The molecule has 1 amide bonds. The van der Waals surface area contributed by atoms with Crippen LogP contribution in [-0.4, -0.2) is 93.6 Å². The molecule has 1 aliphatic heterocycles. The molecule has 2 fully saturated rings. The van der Waals surface area contributed by atoms with Gasteiger partial charge in [-0.25, -0.2) is 0 Å². The Kier molecular flexibility index (Phi) is 7.77. The number of amides is 1. The molecule has 2 aromatic carbocycles. The number of nitrogens with zero attached hydrogens (tertiary/aromatic N) is 2. The molecule has 11 nitrogen and oxygen atoms in total. The number of phenolic OH excluding ortho intramolecular Hbond substituents is 1. The van der Waals surface area contributed by atoms with E-state index < -0.39 is 69.9 Å². The number of primary amides is 1. The minimum atomic E-state index is -2.72. The van der Waals surface area contributed by atoms with E-state index in [4.69, 9.17) is 10.5 Å². The average molecular weight is 632 g/mol. The number of likely N-dealkylation sites (N-methyl/N-ethyl adjacent to an activating group) is 1. The second-order valence-corrected chi connectivity index (χ2v) is 13.4. The third kappa shape index (κ3) is 4.39. The summed E-state index contributed by atoms with van der Waals surface area (Å²) >= 11 is 0. The van der Waals surface area contributed by atoms with Crippen LogP contribution in [0.5, 0.6) is 11.5 Å². The lowest BCUT2D eigenvalue weighted by Gasteiger charge is -2.54. The molecule has 244 valence electrons. The minimum absolute atomic E-state index is 0.0421. The number of aliphatic hydroxyl groups excluding tert-OH is 2. The van der Waals surface area contributed by atoms with Crippen LogP contribution in [0.25, 0.3) is 16.9 Å². The molecule has 0 radical (unpaired) electrons. The molecular formula is C35H41N3O8. The Labute approximate surface area is 267 Å². The van der Waals surface area contributed by atoms with Crippen LogP contribution >= 0.6 is 0 Å². The van der Waals surface area contributed by atoms with Crippen LogP contribution in [0.1, 0.15) is 49.3 Å². The predicted octanol–water partition coefficient (Wildman–Crippen LogP) is 3.04. The van der Waals surface area contributed by atoms with Gasteiger partial charge >= 0.3 is 0 Å². The Morgan fingerprint density at radius 3 is 2.35 bits per heavy atom. The highest BCUT2D eigenvalue weighted by molar-refractivity contribution is 6.24. The number of aromatic hydroxyl groups is 1. The molecule has 6 atom stereocenters. The lowest BCUT2D eigenvalue weighted by molar-refractivity contribution is -0.160. The van der Waals surface area contributed by atoms with Gasteiger partial charge in [-0.3, -0.25) is 24.2 Å². The maximum atomic E-state index is 14.4. The number of Topliss-reactive ketones (excluding diaryl/α,β-unsaturated/α-hetero) is 2. The highest BCUT2D eigenvalue weighted by atomic mass is 16.5. The number of fused-ring (bicyclic) bond motifs is 3. The van der Waals surface area contributed by atoms with Crippen LogP contribution in [0.15, 0.2) is 47.2 Å². The van der Waals surface area contributed by atoms with Gasteiger partial charge in [0, 0.05) is 35.1 Å². The number of phenols is 1. The number of hydrogen-bond acceptors (Lipinski definition) is 10. The number of aliphatic hydroxyl groups is 3. The summed E-state index contributed by atoms with van der Waals surface area (Å²) in [5.74, 6) is -7.43. The third-order valence-electron chi connectivity index (χ3n) is 10.7. The summed E-state index contributed by atoms with van der Waals surface area (Å²) in [4.78, 5) is 44.1. The van der Waals surface area contributed by atoms with E-state index in [9.17, 15) is 34.8 Å². The fourth-order valence-corrected chi connectivity index (χ4v) is 8.58. The quantitative estimate of drug-likeness (QED) is 0.298. The van der Waals surface area contributed by atoms with Crippen molar-refractivity contribution in [2.75, 3.05) is 34.3 Å². The first-order valence-electron chi connectivity index (χ1n) is 15.7. The molecule has 2 aromatic rings. The molecule has 1 saturated heterocycles. The van der Waals surface area contributed by atoms with Crippen molar-refractivity contribution in [1.29, 1.82) is 0 Å². The molecule has 4 aliphatic rings. The summed E-state index contributed by atoms with van der Waals surface area (Å²) in [5, 5.41) is 47.0. The van der Waals surface area contributed by atoms with Crippen LogP contribution in [0.2, 0.25) is 0 Å². The van der Waals surface area contributed by atoms with Crippen molar-refractivity contribution in [3.63, 3.8) is 0 Å². The van der Waals surface area contributed by atoms with E-state index in [1.54, 1.807) is 27.1 Å². The first-order chi connectivity index (χ1) is 21.7. The molecule has 46 heavy (non-hydrogen) atoms. The zero-order valence-electron chi connectivity index (χ0n) is 26.7. The molecule has 0 spiro atoms. The number of rotatable bonds is 6. The van der Waals surface area contributed by atoms with Gasteiger partial charge in [-0.2, -0.15) is 0 Å². The number of likely N-dealkylation sites (tertiary alicyclic amines) is 1. The summed E-state index contributed by atoms with van der Waals surface area (Å²) in [6.07, 6.45) is 2.30. The summed E-state index contributed by atoms with van der Waals surface area (Å²) in [6.45, 7) is 6.38. The zero-order chi connectivity index (χ0) is 33.4. The summed E-state index contributed by atoms with van der Waals surface area (Å²) in [7, 11) is 4.70. The van der Waals surface area contributed by atoms with Gasteiger partial charge in [0.05, 0.1) is 18.7 Å². The smallest absolute Gasteiger partial charge is 0.255 e. The monoisotopic (exact) mass is 631 g/mol.